The van der Waals surface area contributed by atoms with Crippen LogP contribution in [0.1, 0.15) is 44.3 Å². The molecular formula is C30H28N6O2S. The molecule has 4 aromatic rings. The van der Waals surface area contributed by atoms with E-state index in [-0.39, 0.29) is 5.91 Å². The Morgan fingerprint density at radius 2 is 1.90 bits per heavy atom. The lowest BCUT2D eigenvalue weighted by Crippen LogP contribution is -2.45. The average Bonchev–Trinajstić information content (AvgIpc) is 3.40. The van der Waals surface area contributed by atoms with Crippen molar-refractivity contribution in [3.63, 3.8) is 0 Å². The number of morpholine rings is 1. The minimum Gasteiger partial charge on any atom is -0.379 e. The van der Waals surface area contributed by atoms with Gasteiger partial charge in [0.15, 0.2) is 5.13 Å². The Morgan fingerprint density at radius 3 is 2.67 bits per heavy atom. The van der Waals surface area contributed by atoms with E-state index in [2.05, 4.69) is 26.3 Å². The molecule has 9 heteroatoms. The first-order valence-electron chi connectivity index (χ1n) is 13.2. The summed E-state index contributed by atoms with van der Waals surface area (Å²) in [7, 11) is 0. The first kappa shape index (κ1) is 25.3. The number of fused-ring (bicyclic) bond motifs is 1. The minimum atomic E-state index is -0.162. The summed E-state index contributed by atoms with van der Waals surface area (Å²) in [6, 6.07) is 17.6. The first-order chi connectivity index (χ1) is 19.1. The SMILES string of the molecule is N#Cc1ccc(-c2cnc(Cc3cccc(C(=O)Nc4nc5c(s4)C[C@@H](N4CCOCC4)CC5)c3)nc2)cc1. The van der Waals surface area contributed by atoms with Gasteiger partial charge in [0.25, 0.3) is 5.91 Å². The Labute approximate surface area is 231 Å². The van der Waals surface area contributed by atoms with Crippen LogP contribution < -0.4 is 5.32 Å². The van der Waals surface area contributed by atoms with Gasteiger partial charge in [-0.2, -0.15) is 5.26 Å². The van der Waals surface area contributed by atoms with Gasteiger partial charge in [0.05, 0.1) is 30.5 Å². The number of amides is 1. The summed E-state index contributed by atoms with van der Waals surface area (Å²) >= 11 is 1.60. The zero-order valence-corrected chi connectivity index (χ0v) is 22.3. The molecule has 0 bridgehead atoms. The Hall–Kier alpha value is -3.97. The topological polar surface area (TPSA) is 104 Å². The predicted octanol–water partition coefficient (Wildman–Crippen LogP) is 4.50. The number of anilines is 1. The summed E-state index contributed by atoms with van der Waals surface area (Å²) in [4.78, 5) is 30.7. The van der Waals surface area contributed by atoms with Crippen LogP contribution in [0.5, 0.6) is 0 Å². The van der Waals surface area contributed by atoms with E-state index in [0.717, 1.165) is 68.0 Å². The van der Waals surface area contributed by atoms with Crippen LogP contribution in [0.4, 0.5) is 5.13 Å². The second-order valence-electron chi connectivity index (χ2n) is 9.84. The van der Waals surface area contributed by atoms with Crippen molar-refractivity contribution < 1.29 is 9.53 Å². The van der Waals surface area contributed by atoms with Crippen molar-refractivity contribution in [2.75, 3.05) is 31.6 Å². The third-order valence-electron chi connectivity index (χ3n) is 7.30. The molecule has 0 spiro atoms. The van der Waals surface area contributed by atoms with Crippen LogP contribution in [0, 0.1) is 11.3 Å². The molecule has 1 aliphatic heterocycles. The van der Waals surface area contributed by atoms with Gasteiger partial charge in [-0.3, -0.25) is 15.0 Å². The highest BCUT2D eigenvalue weighted by Crippen LogP contribution is 2.32. The lowest BCUT2D eigenvalue weighted by atomic mass is 9.96. The highest BCUT2D eigenvalue weighted by molar-refractivity contribution is 7.15. The van der Waals surface area contributed by atoms with Crippen LogP contribution >= 0.6 is 11.3 Å². The summed E-state index contributed by atoms with van der Waals surface area (Å²) < 4.78 is 5.51. The first-order valence-corrected chi connectivity index (χ1v) is 14.0. The maximum Gasteiger partial charge on any atom is 0.257 e. The maximum absolute atomic E-state index is 13.1. The van der Waals surface area contributed by atoms with Gasteiger partial charge < -0.3 is 4.74 Å². The molecule has 3 heterocycles. The highest BCUT2D eigenvalue weighted by atomic mass is 32.1. The smallest absolute Gasteiger partial charge is 0.257 e. The fraction of sp³-hybridized carbons (Fsp3) is 0.300. The summed E-state index contributed by atoms with van der Waals surface area (Å²) in [5, 5.41) is 12.7. The lowest BCUT2D eigenvalue weighted by molar-refractivity contribution is 0.0139. The second kappa shape index (κ2) is 11.4. The lowest BCUT2D eigenvalue weighted by Gasteiger charge is -2.36. The zero-order valence-electron chi connectivity index (χ0n) is 21.5. The molecule has 8 nitrogen and oxygen atoms in total. The third kappa shape index (κ3) is 5.88. The molecule has 196 valence electrons. The average molecular weight is 537 g/mol. The summed E-state index contributed by atoms with van der Waals surface area (Å²) in [6.45, 7) is 3.60. The standard InChI is InChI=1S/C30H28N6O2S/c31-17-20-4-6-22(7-5-20)24-18-32-28(33-19-24)15-21-2-1-3-23(14-21)29(37)35-30-34-26-9-8-25(16-27(26)39-30)36-10-12-38-13-11-36/h1-7,14,18-19,25H,8-13,15-16H2,(H,34,35,37)/t25-/m0/s1. The van der Waals surface area contributed by atoms with Gasteiger partial charge in [0.1, 0.15) is 5.82 Å². The maximum atomic E-state index is 13.1. The summed E-state index contributed by atoms with van der Waals surface area (Å²) in [6.07, 6.45) is 7.12. The van der Waals surface area contributed by atoms with Gasteiger partial charge in [0.2, 0.25) is 0 Å². The van der Waals surface area contributed by atoms with Gasteiger partial charge in [-0.1, -0.05) is 24.3 Å². The third-order valence-corrected chi connectivity index (χ3v) is 8.34. The van der Waals surface area contributed by atoms with Gasteiger partial charge in [-0.15, -0.1) is 11.3 Å². The number of thiazole rings is 1. The predicted molar refractivity (Wildman–Crippen MR) is 150 cm³/mol. The van der Waals surface area contributed by atoms with Crippen molar-refractivity contribution in [1.29, 1.82) is 5.26 Å². The summed E-state index contributed by atoms with van der Waals surface area (Å²) in [5.41, 5.74) is 5.13. The number of aromatic nitrogens is 3. The molecule has 2 aromatic carbocycles. The Bertz CT molecular complexity index is 1500. The number of nitriles is 1. The Kier molecular flexibility index (Phi) is 7.41. The largest absolute Gasteiger partial charge is 0.379 e. The van der Waals surface area contributed by atoms with E-state index in [1.54, 1.807) is 35.9 Å². The Morgan fingerprint density at radius 1 is 1.10 bits per heavy atom. The molecule has 0 radical (unpaired) electrons. The number of hydrogen-bond donors (Lipinski definition) is 1. The van der Waals surface area contributed by atoms with Crippen LogP contribution in [-0.2, 0) is 24.0 Å². The van der Waals surface area contributed by atoms with Gasteiger partial charge >= 0.3 is 0 Å². The zero-order chi connectivity index (χ0) is 26.6. The van der Waals surface area contributed by atoms with Gasteiger partial charge in [-0.05, 0) is 54.7 Å². The number of benzene rings is 2. The molecule has 0 saturated carbocycles. The van der Waals surface area contributed by atoms with E-state index >= 15 is 0 Å². The van der Waals surface area contributed by atoms with Crippen LogP contribution in [0.2, 0.25) is 0 Å². The van der Waals surface area contributed by atoms with E-state index in [1.807, 2.05) is 36.4 Å². The number of hydrogen-bond acceptors (Lipinski definition) is 8. The van der Waals surface area contributed by atoms with Crippen molar-refractivity contribution >= 4 is 22.4 Å². The van der Waals surface area contributed by atoms with Crippen molar-refractivity contribution in [1.82, 2.24) is 19.9 Å². The van der Waals surface area contributed by atoms with E-state index < -0.39 is 0 Å². The number of carbonyl (C=O) groups is 1. The molecule has 0 unspecified atom stereocenters. The van der Waals surface area contributed by atoms with Gasteiger partial charge in [0, 0.05) is 53.9 Å². The fourth-order valence-corrected chi connectivity index (χ4v) is 6.25. The quantitative estimate of drug-likeness (QED) is 0.387. The number of aryl methyl sites for hydroxylation is 1. The van der Waals surface area contributed by atoms with Crippen molar-refractivity contribution in [2.24, 2.45) is 0 Å². The highest BCUT2D eigenvalue weighted by Gasteiger charge is 2.28. The molecular weight excluding hydrogens is 508 g/mol. The van der Waals surface area contributed by atoms with E-state index in [4.69, 9.17) is 15.0 Å². The van der Waals surface area contributed by atoms with E-state index in [0.29, 0.717) is 34.5 Å². The summed E-state index contributed by atoms with van der Waals surface area (Å²) in [5.74, 6) is 0.511. The molecule has 1 aliphatic carbocycles. The normalized spacial score (nSPS) is 17.3. The fourth-order valence-electron chi connectivity index (χ4n) is 5.17. The second-order valence-corrected chi connectivity index (χ2v) is 10.9. The van der Waals surface area contributed by atoms with E-state index in [9.17, 15) is 4.79 Å². The number of carbonyl (C=O) groups excluding carboxylic acids is 1. The monoisotopic (exact) mass is 536 g/mol. The molecule has 39 heavy (non-hydrogen) atoms. The Balaban J connectivity index is 1.09. The molecule has 1 saturated heterocycles. The number of ether oxygens (including phenoxy) is 1. The molecule has 2 aliphatic rings. The van der Waals surface area contributed by atoms with E-state index in [1.165, 1.54) is 4.88 Å². The van der Waals surface area contributed by atoms with Crippen LogP contribution in [0.25, 0.3) is 11.1 Å². The molecule has 6 rings (SSSR count). The number of nitrogens with one attached hydrogen (secondary N) is 1. The van der Waals surface area contributed by atoms with Crippen molar-refractivity contribution in [3.8, 4) is 17.2 Å². The molecule has 2 aromatic heterocycles. The van der Waals surface area contributed by atoms with Gasteiger partial charge in [-0.25, -0.2) is 15.0 Å². The van der Waals surface area contributed by atoms with Crippen LogP contribution in [0.15, 0.2) is 60.9 Å². The number of nitrogens with zero attached hydrogens (tertiary/aromatic N) is 5. The molecule has 1 atom stereocenters. The minimum absolute atomic E-state index is 0.162. The molecule has 1 N–H and O–H groups in total. The molecule has 1 amide bonds. The van der Waals surface area contributed by atoms with Crippen molar-refractivity contribution in [3.05, 3.63) is 94.0 Å². The molecule has 1 fully saturated rings. The number of rotatable bonds is 6. The van der Waals surface area contributed by atoms with Crippen molar-refractivity contribution in [2.45, 2.75) is 31.7 Å². The van der Waals surface area contributed by atoms with Crippen LogP contribution in [0.3, 0.4) is 0 Å². The van der Waals surface area contributed by atoms with Crippen LogP contribution in [-0.4, -0.2) is 58.1 Å².